The van der Waals surface area contributed by atoms with E-state index in [1.54, 1.807) is 0 Å². The largest absolute Gasteiger partial charge is 0.398 e. The number of nitrogen functional groups attached to an aromatic ring is 1. The zero-order chi connectivity index (χ0) is 17.4. The van der Waals surface area contributed by atoms with Crippen molar-refractivity contribution in [2.75, 3.05) is 19.5 Å². The van der Waals surface area contributed by atoms with Gasteiger partial charge in [0.1, 0.15) is 13.8 Å². The van der Waals surface area contributed by atoms with Gasteiger partial charge < -0.3 is 10.6 Å². The minimum Gasteiger partial charge on any atom is -0.398 e. The maximum Gasteiger partial charge on any atom is 0.339 e. The van der Waals surface area contributed by atoms with Crippen LogP contribution < -0.4 is 16.0 Å². The maximum absolute atomic E-state index is 12.9. The number of aromatic nitrogens is 1. The van der Waals surface area contributed by atoms with E-state index in [1.807, 2.05) is 0 Å². The van der Waals surface area contributed by atoms with Crippen molar-refractivity contribution in [3.8, 4) is 0 Å². The molecule has 13 heteroatoms. The summed E-state index contributed by atoms with van der Waals surface area (Å²) >= 11 is 1.00. The molecule has 1 aliphatic heterocycles. The van der Waals surface area contributed by atoms with Gasteiger partial charge in [0.05, 0.1) is 6.04 Å². The molecule has 10 nitrogen and oxygen atoms in total. The highest BCUT2D eigenvalue weighted by Crippen LogP contribution is 2.35. The van der Waals surface area contributed by atoms with Gasteiger partial charge in [-0.15, -0.1) is 4.31 Å². The summed E-state index contributed by atoms with van der Waals surface area (Å²) in [6, 6.07) is -1.01. The summed E-state index contributed by atoms with van der Waals surface area (Å²) in [5, 5.41) is 5.06. The SMILES string of the molecule is CO/N=C(\C(N)=O)c1csc(N)[n+]1C1C[C@H](CF)N1S(=O)(=O)O. The van der Waals surface area contributed by atoms with Crippen molar-refractivity contribution in [3.05, 3.63) is 11.1 Å². The Bertz CT molecular complexity index is 749. The molecular weight excluding hydrogens is 353 g/mol. The Morgan fingerprint density at radius 1 is 1.70 bits per heavy atom. The fourth-order valence-corrected chi connectivity index (χ4v) is 4.18. The van der Waals surface area contributed by atoms with Crippen molar-refractivity contribution in [2.45, 2.75) is 18.6 Å². The smallest absolute Gasteiger partial charge is 0.339 e. The van der Waals surface area contributed by atoms with Crippen molar-refractivity contribution in [3.63, 3.8) is 0 Å². The summed E-state index contributed by atoms with van der Waals surface area (Å²) in [4.78, 5) is 16.0. The molecule has 0 radical (unpaired) electrons. The second-order valence-electron chi connectivity index (χ2n) is 4.65. The van der Waals surface area contributed by atoms with Gasteiger partial charge >= 0.3 is 15.4 Å². The van der Waals surface area contributed by atoms with Crippen LogP contribution in [0.4, 0.5) is 9.52 Å². The highest BCUT2D eigenvalue weighted by atomic mass is 32.2. The highest BCUT2D eigenvalue weighted by molar-refractivity contribution is 7.83. The first-order chi connectivity index (χ1) is 10.7. The number of hydrogen-bond acceptors (Lipinski definition) is 7. The van der Waals surface area contributed by atoms with Gasteiger partial charge in [-0.05, 0) is 0 Å². The topological polar surface area (TPSA) is 152 Å². The van der Waals surface area contributed by atoms with E-state index >= 15 is 0 Å². The average Bonchev–Trinajstić information content (AvgIpc) is 2.75. The summed E-state index contributed by atoms with van der Waals surface area (Å²) in [6.07, 6.45) is -0.929. The molecule has 1 aromatic heterocycles. The first-order valence-corrected chi connectivity index (χ1v) is 8.51. The Morgan fingerprint density at radius 3 is 2.83 bits per heavy atom. The van der Waals surface area contributed by atoms with Crippen LogP contribution in [0.5, 0.6) is 0 Å². The number of carbonyl (C=O) groups is 1. The molecule has 0 saturated carbocycles. The van der Waals surface area contributed by atoms with Crippen LogP contribution in [0.25, 0.3) is 0 Å². The molecule has 1 aliphatic rings. The summed E-state index contributed by atoms with van der Waals surface area (Å²) in [6.45, 7) is -0.967. The minimum atomic E-state index is -4.66. The van der Waals surface area contributed by atoms with Gasteiger partial charge in [0.2, 0.25) is 5.71 Å². The fraction of sp³-hybridized carbons (Fsp3) is 0.500. The third-order valence-electron chi connectivity index (χ3n) is 3.33. The lowest BCUT2D eigenvalue weighted by molar-refractivity contribution is -0.738. The number of alkyl halides is 1. The van der Waals surface area contributed by atoms with Crippen LogP contribution in [-0.2, 0) is 19.9 Å². The van der Waals surface area contributed by atoms with Crippen LogP contribution in [0.2, 0.25) is 0 Å². The molecular formula is C10H15FN5O5S2+. The van der Waals surface area contributed by atoms with Crippen LogP contribution >= 0.6 is 11.3 Å². The van der Waals surface area contributed by atoms with Crippen molar-refractivity contribution in [2.24, 2.45) is 10.9 Å². The van der Waals surface area contributed by atoms with Crippen molar-refractivity contribution in [1.29, 1.82) is 0 Å². The third kappa shape index (κ3) is 3.12. The zero-order valence-corrected chi connectivity index (χ0v) is 13.6. The van der Waals surface area contributed by atoms with E-state index < -0.39 is 35.1 Å². The first kappa shape index (κ1) is 17.5. The number of rotatable bonds is 6. The quantitative estimate of drug-likeness (QED) is 0.248. The number of carbonyl (C=O) groups excluding carboxylic acids is 1. The highest BCUT2D eigenvalue weighted by Gasteiger charge is 2.51. The average molecular weight is 368 g/mol. The molecule has 2 rings (SSSR count). The number of primary amides is 1. The van der Waals surface area contributed by atoms with Gasteiger partial charge in [-0.2, -0.15) is 13.0 Å². The summed E-state index contributed by atoms with van der Waals surface area (Å²) in [5.74, 6) is -0.918. The molecule has 1 saturated heterocycles. The molecule has 1 fully saturated rings. The molecule has 1 amide bonds. The predicted molar refractivity (Wildman–Crippen MR) is 78.5 cm³/mol. The van der Waals surface area contributed by atoms with E-state index in [0.29, 0.717) is 4.31 Å². The molecule has 23 heavy (non-hydrogen) atoms. The molecule has 128 valence electrons. The van der Waals surface area contributed by atoms with Gasteiger partial charge in [-0.1, -0.05) is 16.5 Å². The monoisotopic (exact) mass is 368 g/mol. The maximum atomic E-state index is 12.9. The van der Waals surface area contributed by atoms with E-state index in [0.717, 1.165) is 11.3 Å². The van der Waals surface area contributed by atoms with Gasteiger partial charge in [-0.25, -0.2) is 4.39 Å². The van der Waals surface area contributed by atoms with Crippen LogP contribution in [0.15, 0.2) is 10.5 Å². The molecule has 2 heterocycles. The number of nitrogens with two attached hydrogens (primary N) is 2. The summed E-state index contributed by atoms with van der Waals surface area (Å²) in [7, 11) is -3.46. The van der Waals surface area contributed by atoms with Crippen LogP contribution in [0.3, 0.4) is 0 Å². The van der Waals surface area contributed by atoms with Crippen molar-refractivity contribution >= 4 is 38.4 Å². The van der Waals surface area contributed by atoms with Crippen LogP contribution in [-0.4, -0.2) is 48.7 Å². The van der Waals surface area contributed by atoms with E-state index in [-0.39, 0.29) is 23.0 Å². The number of oxime groups is 1. The predicted octanol–water partition coefficient (Wildman–Crippen LogP) is -1.20. The zero-order valence-electron chi connectivity index (χ0n) is 11.9. The lowest BCUT2D eigenvalue weighted by Gasteiger charge is -2.42. The second-order valence-corrected chi connectivity index (χ2v) is 6.86. The Labute approximate surface area is 135 Å². The third-order valence-corrected chi connectivity index (χ3v) is 5.18. The molecule has 1 aromatic rings. The molecule has 0 aliphatic carbocycles. The Hall–Kier alpha value is -1.83. The number of nitrogens with zero attached hydrogens (tertiary/aromatic N) is 3. The Morgan fingerprint density at radius 2 is 2.35 bits per heavy atom. The van der Waals surface area contributed by atoms with Crippen LogP contribution in [0.1, 0.15) is 18.3 Å². The normalized spacial score (nSPS) is 22.7. The van der Waals surface area contributed by atoms with Gasteiger partial charge in [0, 0.05) is 11.8 Å². The Balaban J connectivity index is 2.51. The fourth-order valence-electron chi connectivity index (χ4n) is 2.38. The summed E-state index contributed by atoms with van der Waals surface area (Å²) in [5.41, 5.74) is 10.9. The van der Waals surface area contributed by atoms with E-state index in [2.05, 4.69) is 9.99 Å². The number of amides is 1. The molecule has 1 unspecified atom stereocenters. The van der Waals surface area contributed by atoms with Gasteiger partial charge in [0.25, 0.3) is 5.91 Å². The van der Waals surface area contributed by atoms with Crippen LogP contribution in [0, 0.1) is 0 Å². The van der Waals surface area contributed by atoms with Crippen molar-refractivity contribution < 1.29 is 31.6 Å². The number of hydrogen-bond donors (Lipinski definition) is 3. The minimum absolute atomic E-state index is 0.0634. The molecule has 0 aromatic carbocycles. The number of anilines is 1. The summed E-state index contributed by atoms with van der Waals surface area (Å²) < 4.78 is 46.9. The number of thiazole rings is 1. The molecule has 2 atom stereocenters. The van der Waals surface area contributed by atoms with Crippen molar-refractivity contribution in [1.82, 2.24) is 4.31 Å². The standard InChI is InChI=1S/C10H14FN5O5S2/c1-21-14-8(9(12)17)6-4-22-10(13)15(6)7-2-5(3-11)16(7)23(18,19)20/h4-5,7,13H,2-3H2,1H3,(H3,12,17,18,19,20)/p+1/b14-8-/t5-,7?/m1/s1. The van der Waals surface area contributed by atoms with E-state index in [1.165, 1.54) is 17.1 Å². The molecule has 0 spiro atoms. The van der Waals surface area contributed by atoms with Gasteiger partial charge in [-0.3, -0.25) is 15.1 Å². The van der Waals surface area contributed by atoms with E-state index in [9.17, 15) is 22.2 Å². The lowest BCUT2D eigenvalue weighted by atomic mass is 10.0. The van der Waals surface area contributed by atoms with Gasteiger partial charge in [0.15, 0.2) is 11.9 Å². The van der Waals surface area contributed by atoms with E-state index in [4.69, 9.17) is 11.5 Å². The first-order valence-electron chi connectivity index (χ1n) is 6.24. The lowest BCUT2D eigenvalue weighted by Crippen LogP contribution is -2.66. The number of halogens is 1. The second kappa shape index (κ2) is 6.35. The molecule has 5 N–H and O–H groups in total. The Kier molecular flexibility index (Phi) is 4.84. The molecule has 0 bridgehead atoms.